The SMILES string of the molecule is CC(CNCOC(C)(C)C(C)C(C)NC(=O)OC(C)C)CC(C)NC(=O)C(C)(C)CC(C)(C)C(C)C. The molecule has 0 radical (unpaired) electrons. The van der Waals surface area contributed by atoms with Crippen molar-refractivity contribution >= 4 is 12.0 Å². The van der Waals surface area contributed by atoms with Gasteiger partial charge in [-0.2, -0.15) is 0 Å². The molecule has 0 saturated heterocycles. The van der Waals surface area contributed by atoms with Crippen molar-refractivity contribution in [2.24, 2.45) is 28.6 Å². The van der Waals surface area contributed by atoms with E-state index < -0.39 is 17.1 Å². The van der Waals surface area contributed by atoms with E-state index >= 15 is 0 Å². The molecule has 0 aliphatic carbocycles. The summed E-state index contributed by atoms with van der Waals surface area (Å²) in [5.41, 5.74) is -0.730. The number of hydrogen-bond acceptors (Lipinski definition) is 5. The van der Waals surface area contributed by atoms with Crippen LogP contribution in [0.15, 0.2) is 0 Å². The van der Waals surface area contributed by atoms with Crippen molar-refractivity contribution in [1.82, 2.24) is 16.0 Å². The molecule has 214 valence electrons. The minimum Gasteiger partial charge on any atom is -0.447 e. The molecule has 4 atom stereocenters. The van der Waals surface area contributed by atoms with Crippen LogP contribution in [0.4, 0.5) is 4.79 Å². The van der Waals surface area contributed by atoms with Crippen molar-refractivity contribution in [3.63, 3.8) is 0 Å². The monoisotopic (exact) mass is 513 g/mol. The van der Waals surface area contributed by atoms with E-state index in [2.05, 4.69) is 64.4 Å². The Hall–Kier alpha value is -1.34. The fraction of sp³-hybridized carbons (Fsp3) is 0.931. The maximum atomic E-state index is 13.0. The summed E-state index contributed by atoms with van der Waals surface area (Å²) in [5.74, 6) is 1.11. The van der Waals surface area contributed by atoms with Crippen LogP contribution in [0.5, 0.6) is 0 Å². The molecule has 0 aromatic rings. The first-order valence-electron chi connectivity index (χ1n) is 13.8. The molecule has 0 saturated carbocycles. The molecule has 7 nitrogen and oxygen atoms in total. The smallest absolute Gasteiger partial charge is 0.407 e. The number of rotatable bonds is 16. The number of nitrogens with one attached hydrogen (secondary N) is 3. The van der Waals surface area contributed by atoms with Gasteiger partial charge in [-0.15, -0.1) is 0 Å². The fourth-order valence-corrected chi connectivity index (χ4v) is 4.42. The first kappa shape index (κ1) is 34.7. The molecular formula is C29H59N3O4. The third-order valence-corrected chi connectivity index (χ3v) is 7.78. The Morgan fingerprint density at radius 1 is 0.833 bits per heavy atom. The van der Waals surface area contributed by atoms with Crippen LogP contribution in [0.3, 0.4) is 0 Å². The lowest BCUT2D eigenvalue weighted by molar-refractivity contribution is -0.132. The molecule has 2 amide bonds. The Morgan fingerprint density at radius 3 is 1.89 bits per heavy atom. The molecule has 0 bridgehead atoms. The van der Waals surface area contributed by atoms with Crippen molar-refractivity contribution in [3.8, 4) is 0 Å². The highest BCUT2D eigenvalue weighted by Crippen LogP contribution is 2.39. The van der Waals surface area contributed by atoms with Gasteiger partial charge in [-0.3, -0.25) is 10.1 Å². The highest BCUT2D eigenvalue weighted by Gasteiger charge is 2.37. The lowest BCUT2D eigenvalue weighted by atomic mass is 9.69. The van der Waals surface area contributed by atoms with E-state index in [0.29, 0.717) is 18.6 Å². The van der Waals surface area contributed by atoms with Crippen LogP contribution in [-0.2, 0) is 14.3 Å². The van der Waals surface area contributed by atoms with Crippen LogP contribution in [0.25, 0.3) is 0 Å². The largest absolute Gasteiger partial charge is 0.447 e. The molecule has 0 rings (SSSR count). The average Bonchev–Trinajstić information content (AvgIpc) is 2.68. The maximum Gasteiger partial charge on any atom is 0.407 e. The summed E-state index contributed by atoms with van der Waals surface area (Å²) in [4.78, 5) is 24.9. The molecule has 0 aromatic carbocycles. The Kier molecular flexibility index (Phi) is 14.0. The molecule has 0 fully saturated rings. The van der Waals surface area contributed by atoms with Gasteiger partial charge in [0.2, 0.25) is 5.91 Å². The normalized spacial score (nSPS) is 16.4. The van der Waals surface area contributed by atoms with E-state index in [9.17, 15) is 9.59 Å². The van der Waals surface area contributed by atoms with Crippen LogP contribution in [0.2, 0.25) is 0 Å². The maximum absolute atomic E-state index is 13.0. The van der Waals surface area contributed by atoms with E-state index in [1.807, 2.05) is 48.5 Å². The quantitative estimate of drug-likeness (QED) is 0.171. The van der Waals surface area contributed by atoms with Crippen LogP contribution in [0.1, 0.15) is 110 Å². The third kappa shape index (κ3) is 12.8. The molecule has 4 unspecified atom stereocenters. The standard InChI is InChI=1S/C29H59N3O4/c1-19(2)27(9,10)17-28(11,12)25(33)31-22(6)15-21(5)16-30-18-35-29(13,14)23(7)24(8)32-26(34)36-20(3)4/h19-24,30H,15-18H2,1-14H3,(H,31,33)(H,32,34). The first-order valence-corrected chi connectivity index (χ1v) is 13.8. The second kappa shape index (κ2) is 14.6. The van der Waals surface area contributed by atoms with E-state index in [1.165, 1.54) is 0 Å². The molecular weight excluding hydrogens is 454 g/mol. The summed E-state index contributed by atoms with van der Waals surface area (Å²) in [6.45, 7) is 30.3. The lowest BCUT2D eigenvalue weighted by Crippen LogP contribution is -2.48. The summed E-state index contributed by atoms with van der Waals surface area (Å²) in [6.07, 6.45) is 1.19. The van der Waals surface area contributed by atoms with Crippen molar-refractivity contribution in [2.75, 3.05) is 13.3 Å². The summed E-state index contributed by atoms with van der Waals surface area (Å²) in [6, 6.07) is 0.00985. The van der Waals surface area contributed by atoms with E-state index in [4.69, 9.17) is 9.47 Å². The zero-order chi connectivity index (χ0) is 28.5. The Balaban J connectivity index is 4.51. The fourth-order valence-electron chi connectivity index (χ4n) is 4.42. The lowest BCUT2D eigenvalue weighted by Gasteiger charge is -2.37. The van der Waals surface area contributed by atoms with Gasteiger partial charge in [0, 0.05) is 23.4 Å². The Labute approximate surface area is 222 Å². The van der Waals surface area contributed by atoms with Gasteiger partial charge in [-0.1, -0.05) is 55.4 Å². The van der Waals surface area contributed by atoms with Gasteiger partial charge in [0.05, 0.1) is 18.4 Å². The number of carbonyl (C=O) groups is 2. The zero-order valence-corrected chi connectivity index (χ0v) is 25.9. The van der Waals surface area contributed by atoms with Crippen molar-refractivity contribution in [1.29, 1.82) is 0 Å². The molecule has 0 heterocycles. The third-order valence-electron chi connectivity index (χ3n) is 7.78. The molecule has 0 spiro atoms. The number of carbonyl (C=O) groups excluding carboxylic acids is 2. The van der Waals surface area contributed by atoms with Crippen LogP contribution < -0.4 is 16.0 Å². The number of ether oxygens (including phenoxy) is 2. The molecule has 36 heavy (non-hydrogen) atoms. The van der Waals surface area contributed by atoms with Crippen LogP contribution >= 0.6 is 0 Å². The van der Waals surface area contributed by atoms with Crippen LogP contribution in [0, 0.1) is 28.6 Å². The van der Waals surface area contributed by atoms with E-state index in [1.54, 1.807) is 0 Å². The number of hydrogen-bond donors (Lipinski definition) is 3. The topological polar surface area (TPSA) is 88.7 Å². The highest BCUT2D eigenvalue weighted by atomic mass is 16.6. The molecule has 3 N–H and O–H groups in total. The van der Waals surface area contributed by atoms with Crippen LogP contribution in [-0.4, -0.2) is 49.1 Å². The second-order valence-electron chi connectivity index (χ2n) is 13.4. The predicted molar refractivity (Wildman–Crippen MR) is 150 cm³/mol. The highest BCUT2D eigenvalue weighted by molar-refractivity contribution is 5.82. The molecule has 0 aliphatic heterocycles. The van der Waals surface area contributed by atoms with E-state index in [0.717, 1.165) is 19.4 Å². The van der Waals surface area contributed by atoms with Gasteiger partial charge in [0.15, 0.2) is 0 Å². The predicted octanol–water partition coefficient (Wildman–Crippen LogP) is 6.12. The van der Waals surface area contributed by atoms with Gasteiger partial charge < -0.3 is 20.1 Å². The second-order valence-corrected chi connectivity index (χ2v) is 13.4. The number of alkyl carbamates (subject to hydrolysis) is 1. The minimum absolute atomic E-state index is 0.0793. The van der Waals surface area contributed by atoms with Crippen molar-refractivity contribution in [2.45, 2.75) is 134 Å². The summed E-state index contributed by atoms with van der Waals surface area (Å²) >= 11 is 0. The first-order chi connectivity index (χ1) is 16.2. The summed E-state index contributed by atoms with van der Waals surface area (Å²) in [5, 5.41) is 9.52. The average molecular weight is 514 g/mol. The zero-order valence-electron chi connectivity index (χ0n) is 25.9. The molecule has 0 aromatic heterocycles. The van der Waals surface area contributed by atoms with Gasteiger partial charge in [0.1, 0.15) is 0 Å². The minimum atomic E-state index is -0.433. The van der Waals surface area contributed by atoms with Crippen molar-refractivity contribution in [3.05, 3.63) is 0 Å². The Bertz CT molecular complexity index is 673. The van der Waals surface area contributed by atoms with E-state index in [-0.39, 0.29) is 35.4 Å². The Morgan fingerprint density at radius 2 is 1.39 bits per heavy atom. The molecule has 0 aliphatic rings. The van der Waals surface area contributed by atoms with Gasteiger partial charge >= 0.3 is 6.09 Å². The summed E-state index contributed by atoms with van der Waals surface area (Å²) < 4.78 is 11.3. The number of amides is 2. The van der Waals surface area contributed by atoms with Gasteiger partial charge in [-0.25, -0.2) is 4.79 Å². The van der Waals surface area contributed by atoms with Gasteiger partial charge in [0.25, 0.3) is 0 Å². The summed E-state index contributed by atoms with van der Waals surface area (Å²) in [7, 11) is 0. The van der Waals surface area contributed by atoms with Gasteiger partial charge in [-0.05, 0) is 78.2 Å². The van der Waals surface area contributed by atoms with Crippen molar-refractivity contribution < 1.29 is 19.1 Å². The molecule has 7 heteroatoms.